The summed E-state index contributed by atoms with van der Waals surface area (Å²) in [6, 6.07) is 12.3. The molecule has 2 N–H and O–H groups in total. The van der Waals surface area contributed by atoms with Crippen LogP contribution in [0.4, 0.5) is 5.69 Å². The van der Waals surface area contributed by atoms with E-state index in [2.05, 4.69) is 10.0 Å². The molecule has 0 saturated heterocycles. The molecular formula is C21H26N2O5S2. The second kappa shape index (κ2) is 10.7. The number of unbranched alkanes of at least 4 members (excludes halogenated alkanes) is 2. The van der Waals surface area contributed by atoms with Crippen LogP contribution in [0.15, 0.2) is 52.3 Å². The third kappa shape index (κ3) is 6.38. The van der Waals surface area contributed by atoms with Gasteiger partial charge in [-0.05, 0) is 49.4 Å². The Hall–Kier alpha value is -2.23. The molecule has 0 bridgehead atoms. The lowest BCUT2D eigenvalue weighted by atomic mass is 10.2. The number of rotatable bonds is 10. The first kappa shape index (κ1) is 22.5. The van der Waals surface area contributed by atoms with Gasteiger partial charge in [0.15, 0.2) is 11.5 Å². The second-order valence-electron chi connectivity index (χ2n) is 6.79. The van der Waals surface area contributed by atoms with Crippen LogP contribution < -0.4 is 19.5 Å². The van der Waals surface area contributed by atoms with Crippen molar-refractivity contribution in [2.75, 3.05) is 31.3 Å². The smallest absolute Gasteiger partial charge is 0.240 e. The lowest BCUT2D eigenvalue weighted by molar-refractivity contribution is -0.116. The van der Waals surface area contributed by atoms with E-state index in [0.717, 1.165) is 17.0 Å². The van der Waals surface area contributed by atoms with Gasteiger partial charge in [0.1, 0.15) is 13.2 Å². The molecule has 0 aliphatic carbocycles. The molecule has 0 radical (unpaired) electrons. The van der Waals surface area contributed by atoms with E-state index < -0.39 is 10.0 Å². The largest absolute Gasteiger partial charge is 0.486 e. The minimum atomic E-state index is -3.61. The maximum Gasteiger partial charge on any atom is 0.240 e. The van der Waals surface area contributed by atoms with Crippen LogP contribution in [0.1, 0.15) is 25.7 Å². The SMILES string of the molecule is CSc1cccc(NC(=O)CCCCCNS(=O)(=O)c2ccc3c(c2)OCCO3)c1. The van der Waals surface area contributed by atoms with Crippen LogP contribution in [-0.4, -0.2) is 40.3 Å². The van der Waals surface area contributed by atoms with Crippen molar-refractivity contribution in [2.24, 2.45) is 0 Å². The van der Waals surface area contributed by atoms with Crippen molar-refractivity contribution < 1.29 is 22.7 Å². The molecule has 9 heteroatoms. The molecule has 1 amide bonds. The van der Waals surface area contributed by atoms with Crippen molar-refractivity contribution in [3.8, 4) is 11.5 Å². The molecule has 1 heterocycles. The van der Waals surface area contributed by atoms with Crippen molar-refractivity contribution in [3.05, 3.63) is 42.5 Å². The van der Waals surface area contributed by atoms with Gasteiger partial charge < -0.3 is 14.8 Å². The maximum absolute atomic E-state index is 12.4. The fraction of sp³-hybridized carbons (Fsp3) is 0.381. The van der Waals surface area contributed by atoms with Gasteiger partial charge in [-0.15, -0.1) is 11.8 Å². The van der Waals surface area contributed by atoms with Gasteiger partial charge in [-0.1, -0.05) is 12.5 Å². The number of benzene rings is 2. The second-order valence-corrected chi connectivity index (χ2v) is 9.44. The highest BCUT2D eigenvalue weighted by atomic mass is 32.2. The molecule has 2 aromatic rings. The zero-order valence-electron chi connectivity index (χ0n) is 16.8. The summed E-state index contributed by atoms with van der Waals surface area (Å²) in [5.74, 6) is 0.960. The number of hydrogen-bond donors (Lipinski definition) is 2. The molecule has 0 unspecified atom stereocenters. The Morgan fingerprint density at radius 3 is 2.63 bits per heavy atom. The highest BCUT2D eigenvalue weighted by molar-refractivity contribution is 7.98. The molecule has 30 heavy (non-hydrogen) atoms. The van der Waals surface area contributed by atoms with Gasteiger partial charge in [-0.25, -0.2) is 13.1 Å². The molecule has 0 atom stereocenters. The first-order valence-electron chi connectivity index (χ1n) is 9.81. The fourth-order valence-corrected chi connectivity index (χ4v) is 4.54. The van der Waals surface area contributed by atoms with Crippen molar-refractivity contribution in [2.45, 2.75) is 35.5 Å². The monoisotopic (exact) mass is 450 g/mol. The minimum Gasteiger partial charge on any atom is -0.486 e. The number of anilines is 1. The number of hydrogen-bond acceptors (Lipinski definition) is 6. The van der Waals surface area contributed by atoms with E-state index in [4.69, 9.17) is 9.47 Å². The molecule has 1 aliphatic heterocycles. The quantitative estimate of drug-likeness (QED) is 0.424. The molecule has 7 nitrogen and oxygen atoms in total. The molecule has 0 fully saturated rings. The van der Waals surface area contributed by atoms with Gasteiger partial charge in [0.2, 0.25) is 15.9 Å². The average Bonchev–Trinajstić information content (AvgIpc) is 2.76. The van der Waals surface area contributed by atoms with E-state index >= 15 is 0 Å². The lowest BCUT2D eigenvalue weighted by Crippen LogP contribution is -2.25. The van der Waals surface area contributed by atoms with Crippen LogP contribution in [0.2, 0.25) is 0 Å². The Kier molecular flexibility index (Phi) is 8.01. The van der Waals surface area contributed by atoms with E-state index in [-0.39, 0.29) is 10.8 Å². The van der Waals surface area contributed by atoms with Crippen LogP contribution in [0.25, 0.3) is 0 Å². The van der Waals surface area contributed by atoms with Gasteiger partial charge in [0.25, 0.3) is 0 Å². The van der Waals surface area contributed by atoms with E-state index in [1.807, 2.05) is 30.5 Å². The molecule has 1 aliphatic rings. The lowest BCUT2D eigenvalue weighted by Gasteiger charge is -2.18. The van der Waals surface area contributed by atoms with Crippen LogP contribution in [0.3, 0.4) is 0 Å². The molecule has 162 valence electrons. The standard InChI is InChI=1S/C21H26N2O5S2/c1-29-17-7-5-6-16(14-17)23-21(24)8-3-2-4-11-22-30(25,26)18-9-10-19-20(15-18)28-13-12-27-19/h5-7,9-10,14-15,22H,2-4,8,11-13H2,1H3,(H,23,24). The molecule has 3 rings (SSSR count). The van der Waals surface area contributed by atoms with Crippen molar-refractivity contribution >= 4 is 33.4 Å². The first-order chi connectivity index (χ1) is 14.5. The summed E-state index contributed by atoms with van der Waals surface area (Å²) in [6.07, 6.45) is 4.49. The predicted octanol–water partition coefficient (Wildman–Crippen LogP) is 3.66. The van der Waals surface area contributed by atoms with E-state index in [0.29, 0.717) is 50.5 Å². The molecule has 0 aromatic heterocycles. The van der Waals surface area contributed by atoms with Crippen molar-refractivity contribution in [1.82, 2.24) is 4.72 Å². The van der Waals surface area contributed by atoms with Crippen molar-refractivity contribution in [1.29, 1.82) is 0 Å². The zero-order chi connectivity index (χ0) is 21.4. The van der Waals surface area contributed by atoms with E-state index in [1.54, 1.807) is 17.8 Å². The summed E-state index contributed by atoms with van der Waals surface area (Å²) in [7, 11) is -3.61. The van der Waals surface area contributed by atoms with Gasteiger partial charge in [-0.2, -0.15) is 0 Å². The van der Waals surface area contributed by atoms with E-state index in [9.17, 15) is 13.2 Å². The number of fused-ring (bicyclic) bond motifs is 1. The summed E-state index contributed by atoms with van der Waals surface area (Å²) in [4.78, 5) is 13.3. The Balaban J connectivity index is 1.37. The maximum atomic E-state index is 12.4. The van der Waals surface area contributed by atoms with E-state index in [1.165, 1.54) is 12.1 Å². The van der Waals surface area contributed by atoms with Crippen LogP contribution in [0.5, 0.6) is 11.5 Å². The third-order valence-corrected chi connectivity index (χ3v) is 6.73. The summed E-state index contributed by atoms with van der Waals surface area (Å²) in [5, 5.41) is 2.89. The third-order valence-electron chi connectivity index (χ3n) is 4.55. The minimum absolute atomic E-state index is 0.0369. The van der Waals surface area contributed by atoms with Crippen LogP contribution in [-0.2, 0) is 14.8 Å². The molecular weight excluding hydrogens is 424 g/mol. The number of thioether (sulfide) groups is 1. The topological polar surface area (TPSA) is 93.7 Å². The summed E-state index contributed by atoms with van der Waals surface area (Å²) in [6.45, 7) is 1.17. The summed E-state index contributed by atoms with van der Waals surface area (Å²) >= 11 is 1.62. The van der Waals surface area contributed by atoms with Gasteiger partial charge in [-0.3, -0.25) is 4.79 Å². The average molecular weight is 451 g/mol. The molecule has 2 aromatic carbocycles. The number of carbonyl (C=O) groups is 1. The zero-order valence-corrected chi connectivity index (χ0v) is 18.5. The number of amides is 1. The van der Waals surface area contributed by atoms with Gasteiger partial charge >= 0.3 is 0 Å². The van der Waals surface area contributed by atoms with Crippen LogP contribution >= 0.6 is 11.8 Å². The van der Waals surface area contributed by atoms with Gasteiger partial charge in [0.05, 0.1) is 4.90 Å². The van der Waals surface area contributed by atoms with Gasteiger partial charge in [0, 0.05) is 29.6 Å². The molecule has 0 saturated carbocycles. The highest BCUT2D eigenvalue weighted by Gasteiger charge is 2.18. The summed E-state index contributed by atoms with van der Waals surface area (Å²) in [5.41, 5.74) is 0.791. The highest BCUT2D eigenvalue weighted by Crippen LogP contribution is 2.32. The summed E-state index contributed by atoms with van der Waals surface area (Å²) < 4.78 is 38.3. The fourth-order valence-electron chi connectivity index (χ4n) is 2.99. The Labute approximate surface area is 181 Å². The molecule has 0 spiro atoms. The van der Waals surface area contributed by atoms with Crippen molar-refractivity contribution in [3.63, 3.8) is 0 Å². The normalized spacial score (nSPS) is 13.1. The number of carbonyl (C=O) groups excluding carboxylic acids is 1. The Morgan fingerprint density at radius 2 is 1.83 bits per heavy atom. The number of sulfonamides is 1. The number of nitrogens with one attached hydrogen (secondary N) is 2. The Morgan fingerprint density at radius 1 is 1.03 bits per heavy atom. The Bertz CT molecular complexity index is 979. The first-order valence-corrected chi connectivity index (χ1v) is 12.5. The van der Waals surface area contributed by atoms with Crippen LogP contribution in [0, 0.1) is 0 Å². The predicted molar refractivity (Wildman–Crippen MR) is 118 cm³/mol. The number of ether oxygens (including phenoxy) is 2.